The zero-order chi connectivity index (χ0) is 12.3. The average Bonchev–Trinajstić information content (AvgIpc) is 2.72. The van der Waals surface area contributed by atoms with Gasteiger partial charge in [0.2, 0.25) is 0 Å². The highest BCUT2D eigenvalue weighted by molar-refractivity contribution is 5.94. The Kier molecular flexibility index (Phi) is 3.32. The average molecular weight is 229 g/mol. The largest absolute Gasteiger partial charge is 0.292 e. The fourth-order valence-electron chi connectivity index (χ4n) is 1.68. The fraction of sp³-hybridized carbons (Fsp3) is 0.308. The first-order valence-corrected chi connectivity index (χ1v) is 5.58. The van der Waals surface area contributed by atoms with Crippen LogP contribution in [0.4, 0.5) is 0 Å². The first-order valence-electron chi connectivity index (χ1n) is 5.58. The molecule has 0 aromatic carbocycles. The highest BCUT2D eigenvalue weighted by atomic mass is 16.1. The van der Waals surface area contributed by atoms with Crippen LogP contribution in [-0.4, -0.2) is 20.5 Å². The molecular weight excluding hydrogens is 214 g/mol. The van der Waals surface area contributed by atoms with Crippen molar-refractivity contribution in [1.29, 1.82) is 0 Å². The van der Waals surface area contributed by atoms with Gasteiger partial charge in [-0.25, -0.2) is 0 Å². The third kappa shape index (κ3) is 3.00. The van der Waals surface area contributed by atoms with E-state index in [1.165, 1.54) is 0 Å². The Balaban J connectivity index is 1.98. The van der Waals surface area contributed by atoms with Gasteiger partial charge in [0.05, 0.1) is 6.20 Å². The quantitative estimate of drug-likeness (QED) is 0.753. The molecule has 0 aliphatic carbocycles. The predicted octanol–water partition coefficient (Wildman–Crippen LogP) is 1.94. The molecule has 0 N–H and O–H groups in total. The third-order valence-corrected chi connectivity index (χ3v) is 2.60. The van der Waals surface area contributed by atoms with Crippen LogP contribution in [0.5, 0.6) is 0 Å². The summed E-state index contributed by atoms with van der Waals surface area (Å²) >= 11 is 0. The Bertz CT molecular complexity index is 531. The van der Waals surface area contributed by atoms with Crippen molar-refractivity contribution in [3.63, 3.8) is 0 Å². The molecule has 2 aromatic rings. The maximum Gasteiger partial charge on any atom is 0.181 e. The Morgan fingerprint density at radius 3 is 2.94 bits per heavy atom. The van der Waals surface area contributed by atoms with Gasteiger partial charge in [-0.3, -0.25) is 14.5 Å². The summed E-state index contributed by atoms with van der Waals surface area (Å²) in [7, 11) is 1.87. The molecule has 0 spiro atoms. The van der Waals surface area contributed by atoms with E-state index in [0.29, 0.717) is 18.5 Å². The van der Waals surface area contributed by atoms with Crippen molar-refractivity contribution in [3.8, 4) is 0 Å². The number of aryl methyl sites for hydroxylation is 3. The molecule has 0 radical (unpaired) electrons. The summed E-state index contributed by atoms with van der Waals surface area (Å²) in [6, 6.07) is 3.71. The van der Waals surface area contributed by atoms with Gasteiger partial charge in [0, 0.05) is 25.9 Å². The first kappa shape index (κ1) is 11.5. The summed E-state index contributed by atoms with van der Waals surface area (Å²) in [6.07, 6.45) is 6.57. The van der Waals surface area contributed by atoms with Crippen LogP contribution in [0.25, 0.3) is 0 Å². The molecule has 2 rings (SSSR count). The molecule has 17 heavy (non-hydrogen) atoms. The number of nitrogens with zero attached hydrogens (tertiary/aromatic N) is 3. The van der Waals surface area contributed by atoms with Crippen LogP contribution in [-0.2, 0) is 13.5 Å². The Hall–Kier alpha value is -1.97. The molecule has 0 aliphatic heterocycles. The lowest BCUT2D eigenvalue weighted by molar-refractivity contribution is 0.0978. The summed E-state index contributed by atoms with van der Waals surface area (Å²) in [5.74, 6) is 0.0811. The first-order chi connectivity index (χ1) is 8.15. The van der Waals surface area contributed by atoms with Gasteiger partial charge in [0.1, 0.15) is 5.69 Å². The standard InChI is InChI=1S/C13H15N3O/c1-10-5-6-14-12(7-10)13(17)4-3-11-8-15-16(2)9-11/h5-9H,3-4H2,1-2H3. The van der Waals surface area contributed by atoms with E-state index in [1.54, 1.807) is 17.1 Å². The van der Waals surface area contributed by atoms with Crippen molar-refractivity contribution in [3.05, 3.63) is 47.5 Å². The SMILES string of the molecule is Cc1ccnc(C(=O)CCc2cnn(C)c2)c1. The Morgan fingerprint density at radius 1 is 1.47 bits per heavy atom. The number of hydrogen-bond acceptors (Lipinski definition) is 3. The number of aromatic nitrogens is 3. The smallest absolute Gasteiger partial charge is 0.181 e. The lowest BCUT2D eigenvalue weighted by Gasteiger charge is -2.00. The molecule has 0 saturated carbocycles. The molecule has 0 saturated heterocycles. The van der Waals surface area contributed by atoms with Crippen molar-refractivity contribution < 1.29 is 4.79 Å². The minimum absolute atomic E-state index is 0.0811. The van der Waals surface area contributed by atoms with E-state index >= 15 is 0 Å². The number of rotatable bonds is 4. The fourth-order valence-corrected chi connectivity index (χ4v) is 1.68. The zero-order valence-corrected chi connectivity index (χ0v) is 10.1. The normalized spacial score (nSPS) is 10.5. The van der Waals surface area contributed by atoms with Crippen molar-refractivity contribution in [2.75, 3.05) is 0 Å². The van der Waals surface area contributed by atoms with Crippen molar-refractivity contribution >= 4 is 5.78 Å². The molecule has 0 amide bonds. The van der Waals surface area contributed by atoms with E-state index in [9.17, 15) is 4.79 Å². The summed E-state index contributed by atoms with van der Waals surface area (Å²) in [4.78, 5) is 16.0. The van der Waals surface area contributed by atoms with Crippen LogP contribution in [0.1, 0.15) is 28.0 Å². The molecule has 88 valence electrons. The van der Waals surface area contributed by atoms with E-state index in [1.807, 2.05) is 32.3 Å². The minimum atomic E-state index is 0.0811. The van der Waals surface area contributed by atoms with Gasteiger partial charge in [-0.05, 0) is 36.6 Å². The van der Waals surface area contributed by atoms with E-state index in [0.717, 1.165) is 11.1 Å². The highest BCUT2D eigenvalue weighted by Gasteiger charge is 2.08. The molecule has 2 aromatic heterocycles. The number of carbonyl (C=O) groups excluding carboxylic acids is 1. The summed E-state index contributed by atoms with van der Waals surface area (Å²) in [5, 5.41) is 4.07. The minimum Gasteiger partial charge on any atom is -0.292 e. The van der Waals surface area contributed by atoms with Crippen LogP contribution in [0, 0.1) is 6.92 Å². The second kappa shape index (κ2) is 4.91. The molecule has 4 heteroatoms. The van der Waals surface area contributed by atoms with Gasteiger partial charge in [0.15, 0.2) is 5.78 Å². The van der Waals surface area contributed by atoms with E-state index in [-0.39, 0.29) is 5.78 Å². The molecule has 4 nitrogen and oxygen atoms in total. The molecule has 0 unspecified atom stereocenters. The second-order valence-corrected chi connectivity index (χ2v) is 4.16. The maximum absolute atomic E-state index is 11.9. The van der Waals surface area contributed by atoms with Crippen molar-refractivity contribution in [1.82, 2.24) is 14.8 Å². The lowest BCUT2D eigenvalue weighted by atomic mass is 10.1. The summed E-state index contributed by atoms with van der Waals surface area (Å²) in [5.41, 5.74) is 2.69. The predicted molar refractivity (Wildman–Crippen MR) is 64.8 cm³/mol. The highest BCUT2D eigenvalue weighted by Crippen LogP contribution is 2.07. The van der Waals surface area contributed by atoms with Crippen LogP contribution in [0.2, 0.25) is 0 Å². The van der Waals surface area contributed by atoms with E-state index in [4.69, 9.17) is 0 Å². The summed E-state index contributed by atoms with van der Waals surface area (Å²) in [6.45, 7) is 1.96. The molecule has 0 bridgehead atoms. The van der Waals surface area contributed by atoms with E-state index in [2.05, 4.69) is 10.1 Å². The third-order valence-electron chi connectivity index (χ3n) is 2.60. The maximum atomic E-state index is 11.9. The zero-order valence-electron chi connectivity index (χ0n) is 10.1. The second-order valence-electron chi connectivity index (χ2n) is 4.16. The van der Waals surface area contributed by atoms with Crippen LogP contribution < -0.4 is 0 Å². The molecular formula is C13H15N3O. The number of hydrogen-bond donors (Lipinski definition) is 0. The molecule has 0 aliphatic rings. The van der Waals surface area contributed by atoms with Gasteiger partial charge in [-0.1, -0.05) is 0 Å². The van der Waals surface area contributed by atoms with Gasteiger partial charge in [-0.2, -0.15) is 5.10 Å². The number of ketones is 1. The topological polar surface area (TPSA) is 47.8 Å². The van der Waals surface area contributed by atoms with Crippen LogP contribution in [0.15, 0.2) is 30.7 Å². The Morgan fingerprint density at radius 2 is 2.29 bits per heavy atom. The van der Waals surface area contributed by atoms with Gasteiger partial charge < -0.3 is 0 Å². The lowest BCUT2D eigenvalue weighted by Crippen LogP contribution is -2.03. The summed E-state index contributed by atoms with van der Waals surface area (Å²) < 4.78 is 1.74. The van der Waals surface area contributed by atoms with Crippen LogP contribution in [0.3, 0.4) is 0 Å². The number of carbonyl (C=O) groups is 1. The molecule has 0 fully saturated rings. The molecule has 0 atom stereocenters. The Labute approximate surface area is 100 Å². The monoisotopic (exact) mass is 229 g/mol. The number of Topliss-reactive ketones (excluding diaryl/α,β-unsaturated/α-hetero) is 1. The van der Waals surface area contributed by atoms with Gasteiger partial charge >= 0.3 is 0 Å². The van der Waals surface area contributed by atoms with Crippen molar-refractivity contribution in [2.45, 2.75) is 19.8 Å². The van der Waals surface area contributed by atoms with Gasteiger partial charge in [-0.15, -0.1) is 0 Å². The van der Waals surface area contributed by atoms with Crippen LogP contribution >= 0.6 is 0 Å². The van der Waals surface area contributed by atoms with Gasteiger partial charge in [0.25, 0.3) is 0 Å². The van der Waals surface area contributed by atoms with Crippen molar-refractivity contribution in [2.24, 2.45) is 7.05 Å². The number of pyridine rings is 1. The molecule has 2 heterocycles. The van der Waals surface area contributed by atoms with E-state index < -0.39 is 0 Å².